The molecule has 0 bridgehead atoms. The highest BCUT2D eigenvalue weighted by atomic mass is 31.2. The lowest BCUT2D eigenvalue weighted by molar-refractivity contribution is -0.139. The quantitative estimate of drug-likeness (QED) is 0.0407. The number of aromatic amines is 2. The number of nitrogens with one attached hydrogen (secondary N) is 2. The molecule has 7 aromatic heterocycles. The van der Waals surface area contributed by atoms with Crippen LogP contribution in [0.5, 0.6) is 0 Å². The number of hydrogen-bond acceptors (Lipinski definition) is 29. The first-order chi connectivity index (χ1) is 38.0. The number of aliphatic hydroxyl groups is 2. The van der Waals surface area contributed by atoms with Gasteiger partial charge in [0.15, 0.2) is 40.4 Å². The van der Waals surface area contributed by atoms with Gasteiger partial charge in [0, 0.05) is 37.4 Å². The van der Waals surface area contributed by atoms with Crippen molar-refractivity contribution >= 4 is 74.5 Å². The van der Waals surface area contributed by atoms with Crippen LogP contribution in [0.25, 0.3) is 33.5 Å². The first kappa shape index (κ1) is 55.5. The molecular weight excluding hydrogens is 1140 g/mol. The first-order valence-corrected chi connectivity index (χ1v) is 28.3. The molecule has 15 unspecified atom stereocenters. The van der Waals surface area contributed by atoms with Gasteiger partial charge in [-0.25, -0.2) is 53.4 Å². The number of aliphatic hydroxyl groups excluding tert-OH is 2. The van der Waals surface area contributed by atoms with E-state index in [1.807, 2.05) is 0 Å². The molecule has 4 aliphatic rings. The van der Waals surface area contributed by atoms with E-state index in [4.69, 9.17) is 63.3 Å². The van der Waals surface area contributed by atoms with Gasteiger partial charge in [-0.1, -0.05) is 0 Å². The van der Waals surface area contributed by atoms with Crippen molar-refractivity contribution in [2.75, 3.05) is 37.0 Å². The van der Waals surface area contributed by atoms with E-state index in [2.05, 4.69) is 49.8 Å². The zero-order valence-corrected chi connectivity index (χ0v) is 43.7. The number of fused-ring (bicyclic) bond motifs is 3. The number of nitrogen functional groups attached to an aromatic ring is 3. The van der Waals surface area contributed by atoms with E-state index in [1.165, 1.54) is 45.9 Å². The number of phosphoric ester groups is 3. The Morgan fingerprint density at radius 3 is 1.62 bits per heavy atom. The topological polar surface area (TPSA) is 528 Å². The van der Waals surface area contributed by atoms with Crippen LogP contribution in [0.1, 0.15) is 56.2 Å². The molecule has 0 saturated carbocycles. The summed E-state index contributed by atoms with van der Waals surface area (Å²) in [5, 5.41) is 21.1. The predicted octanol–water partition coefficient (Wildman–Crippen LogP) is -1.63. The second-order valence-electron chi connectivity index (χ2n) is 18.5. The molecule has 4 saturated heterocycles. The number of aryl methyl sites for hydroxylation is 1. The number of H-pyrrole nitrogens is 2. The molecular formula is C39H48N17O21P3. The SMILES string of the molecule is Cc1cn(C2CC(OP(=O)(O)OCC3OC(n4cnc5c(N)ncnc54)CC3OP(=O)(O)OC3OC(n4cnc5c(=O)[nH]c(N)nc54)CC3O)C(COP(=O)(O)OC3CC(n4cnc5c(N)ncnc54)OC3CO)O2)c(=O)[nH]c1=O. The lowest BCUT2D eigenvalue weighted by atomic mass is 10.2. The maximum absolute atomic E-state index is 14.0. The zero-order valence-electron chi connectivity index (χ0n) is 41.1. The van der Waals surface area contributed by atoms with Crippen LogP contribution in [-0.4, -0.2) is 162 Å². The molecule has 7 aromatic rings. The highest BCUT2D eigenvalue weighted by molar-refractivity contribution is 7.48. The number of ether oxygens (including phenoxy) is 4. The van der Waals surface area contributed by atoms with Crippen molar-refractivity contribution in [3.63, 3.8) is 0 Å². The van der Waals surface area contributed by atoms with E-state index in [-0.39, 0.29) is 75.9 Å². The Hall–Kier alpha value is -6.38. The fraction of sp³-hybridized carbons (Fsp3) is 0.513. The monoisotopic (exact) mass is 1180 g/mol. The molecule has 0 aromatic carbocycles. The van der Waals surface area contributed by atoms with Gasteiger partial charge in [0.05, 0.1) is 38.8 Å². The van der Waals surface area contributed by atoms with Crippen molar-refractivity contribution in [2.24, 2.45) is 0 Å². The van der Waals surface area contributed by atoms with Gasteiger partial charge in [-0.05, 0) is 6.92 Å². The minimum atomic E-state index is -5.38. The van der Waals surface area contributed by atoms with Crippen molar-refractivity contribution in [1.82, 2.24) is 68.1 Å². The molecule has 4 aliphatic heterocycles. The lowest BCUT2D eigenvalue weighted by Crippen LogP contribution is -2.33. The van der Waals surface area contributed by atoms with E-state index < -0.39 is 140 Å². The summed E-state index contributed by atoms with van der Waals surface area (Å²) >= 11 is 0. The molecule has 0 radical (unpaired) electrons. The smallest absolute Gasteiger partial charge is 0.394 e. The summed E-state index contributed by atoms with van der Waals surface area (Å²) in [6.07, 6.45) is -10.5. The van der Waals surface area contributed by atoms with Crippen molar-refractivity contribution in [2.45, 2.75) is 107 Å². The Labute approximate surface area is 444 Å². The Morgan fingerprint density at radius 1 is 0.600 bits per heavy atom. The van der Waals surface area contributed by atoms with Crippen LogP contribution in [0.15, 0.2) is 52.2 Å². The van der Waals surface area contributed by atoms with Gasteiger partial charge in [-0.2, -0.15) is 4.98 Å². The minimum absolute atomic E-state index is 0.00110. The number of rotatable bonds is 19. The Bertz CT molecular complexity index is 3820. The van der Waals surface area contributed by atoms with Crippen LogP contribution in [0, 0.1) is 6.92 Å². The molecule has 41 heteroatoms. The minimum Gasteiger partial charge on any atom is -0.394 e. The normalized spacial score (nSPS) is 29.4. The largest absolute Gasteiger partial charge is 0.474 e. The van der Waals surface area contributed by atoms with Crippen molar-refractivity contribution < 1.29 is 84.7 Å². The second kappa shape index (κ2) is 21.5. The highest BCUT2D eigenvalue weighted by Gasteiger charge is 2.49. The Morgan fingerprint density at radius 2 is 1.07 bits per heavy atom. The van der Waals surface area contributed by atoms with Gasteiger partial charge in [0.25, 0.3) is 11.1 Å². The summed E-state index contributed by atoms with van der Waals surface area (Å²) in [4.78, 5) is 108. The average Bonchev–Trinajstić information content (AvgIpc) is 4.30. The number of nitrogens with two attached hydrogens (primary N) is 3. The second-order valence-corrected chi connectivity index (χ2v) is 22.7. The maximum atomic E-state index is 14.0. The fourth-order valence-corrected chi connectivity index (χ4v) is 12.5. The van der Waals surface area contributed by atoms with Gasteiger partial charge < -0.3 is 61.0 Å². The third kappa shape index (κ3) is 11.2. The third-order valence-corrected chi connectivity index (χ3v) is 16.3. The lowest BCUT2D eigenvalue weighted by Gasteiger charge is -2.25. The molecule has 430 valence electrons. The van der Waals surface area contributed by atoms with Gasteiger partial charge in [-0.15, -0.1) is 0 Å². The van der Waals surface area contributed by atoms with Gasteiger partial charge >= 0.3 is 29.2 Å². The van der Waals surface area contributed by atoms with Crippen LogP contribution in [0.2, 0.25) is 0 Å². The van der Waals surface area contributed by atoms with Crippen LogP contribution in [0.4, 0.5) is 17.6 Å². The van der Waals surface area contributed by atoms with Crippen LogP contribution >= 0.6 is 23.5 Å². The van der Waals surface area contributed by atoms with E-state index in [0.29, 0.717) is 0 Å². The zero-order chi connectivity index (χ0) is 56.6. The van der Waals surface area contributed by atoms with Crippen molar-refractivity contribution in [1.29, 1.82) is 0 Å². The van der Waals surface area contributed by atoms with Gasteiger partial charge in [0.1, 0.15) is 91.3 Å². The molecule has 11 rings (SSSR count). The standard InChI is InChI=1S/C39H48N17O21P3/c1-15-6-53(39(61)52-35(15)59)24-4-18(21(71-24)8-68-78(62,63)74-17-3-25(70-20(17)7-57)54-12-47-27-30(40)43-10-45-32(27)54)75-79(64,65)69-9-22-19(5-26(72-22)55-13-48-28-31(41)44-11-46-33(28)55)76-80(66,67)77-37-16(58)2-23(73-37)56-14-49-29-34(56)50-38(42)51-36(29)60/h6,10-14,16-26,37,57-58H,2-5,7-9H2,1H3,(H,62,63)(H,64,65)(H,66,67)(H2,40,43,45)(H2,41,44,46)(H,52,59,61)(H3,42,50,51,60). The molecule has 80 heavy (non-hydrogen) atoms. The van der Waals surface area contributed by atoms with E-state index in [1.54, 1.807) is 0 Å². The average molecular weight is 1180 g/mol. The van der Waals surface area contributed by atoms with Gasteiger partial charge in [-0.3, -0.25) is 65.0 Å². The van der Waals surface area contributed by atoms with Crippen LogP contribution < -0.4 is 34.0 Å². The summed E-state index contributed by atoms with van der Waals surface area (Å²) in [6, 6.07) is 0. The molecule has 0 aliphatic carbocycles. The fourth-order valence-electron chi connectivity index (χ4n) is 9.48. The molecule has 4 fully saturated rings. The molecule has 0 amide bonds. The number of nitrogens with zero attached hydrogens (tertiary/aromatic N) is 12. The number of anilines is 3. The highest BCUT2D eigenvalue weighted by Crippen LogP contribution is 2.54. The molecule has 15 atom stereocenters. The number of hydrogen-bond donors (Lipinski definition) is 10. The van der Waals surface area contributed by atoms with Gasteiger partial charge in [0.2, 0.25) is 5.95 Å². The maximum Gasteiger partial charge on any atom is 0.474 e. The van der Waals surface area contributed by atoms with Crippen molar-refractivity contribution in [3.05, 3.63) is 74.6 Å². The molecule has 0 spiro atoms. The Balaban J connectivity index is 0.789. The summed E-state index contributed by atoms with van der Waals surface area (Å²) in [5.41, 5.74) is 16.0. The van der Waals surface area contributed by atoms with E-state index in [0.717, 1.165) is 17.1 Å². The molecule has 38 nitrogen and oxygen atoms in total. The van der Waals surface area contributed by atoms with E-state index in [9.17, 15) is 53.0 Å². The van der Waals surface area contributed by atoms with E-state index >= 15 is 0 Å². The number of aromatic nitrogens is 14. The van der Waals surface area contributed by atoms with Crippen LogP contribution in [0.3, 0.4) is 0 Å². The Kier molecular flexibility index (Phi) is 14.9. The first-order valence-electron chi connectivity index (χ1n) is 23.8. The summed E-state index contributed by atoms with van der Waals surface area (Å²) in [7, 11) is -15.9. The van der Waals surface area contributed by atoms with Crippen molar-refractivity contribution in [3.8, 4) is 0 Å². The predicted molar refractivity (Wildman–Crippen MR) is 262 cm³/mol. The summed E-state index contributed by atoms with van der Waals surface area (Å²) < 4.78 is 103. The summed E-state index contributed by atoms with van der Waals surface area (Å²) in [5.74, 6) is -0.163. The molecule has 11 heterocycles. The third-order valence-electron chi connectivity index (χ3n) is 13.2. The number of imidazole rings is 3. The number of phosphoric acid groups is 3. The molecule has 13 N–H and O–H groups in total. The summed E-state index contributed by atoms with van der Waals surface area (Å²) in [6.45, 7) is -1.13. The van der Waals surface area contributed by atoms with Crippen LogP contribution in [-0.2, 0) is 59.8 Å².